The Morgan fingerprint density at radius 1 is 1.00 bits per heavy atom. The van der Waals surface area contributed by atoms with Gasteiger partial charge in [0.2, 0.25) is 0 Å². The summed E-state index contributed by atoms with van der Waals surface area (Å²) in [6.07, 6.45) is 15.6. The van der Waals surface area contributed by atoms with Gasteiger partial charge in [-0.25, -0.2) is 4.99 Å². The average Bonchev–Trinajstić information content (AvgIpc) is 3.04. The predicted octanol–water partition coefficient (Wildman–Crippen LogP) is 5.32. The number of nitrogens with one attached hydrogen (secondary N) is 1. The second-order valence-corrected chi connectivity index (χ2v) is 9.94. The zero-order chi connectivity index (χ0) is 21.7. The molecule has 31 heavy (non-hydrogen) atoms. The van der Waals surface area contributed by atoms with Crippen molar-refractivity contribution in [2.24, 2.45) is 22.6 Å². The molecule has 2 aliphatic carbocycles. The van der Waals surface area contributed by atoms with Crippen LogP contribution in [0.2, 0.25) is 0 Å². The summed E-state index contributed by atoms with van der Waals surface area (Å²) < 4.78 is 0. The van der Waals surface area contributed by atoms with Gasteiger partial charge in [0.05, 0.1) is 6.54 Å². The molecule has 0 radical (unpaired) electrons. The van der Waals surface area contributed by atoms with Crippen LogP contribution in [0.4, 0.5) is 5.69 Å². The second kappa shape index (κ2) is 10.0. The maximum Gasteiger partial charge on any atom is 0.257 e. The van der Waals surface area contributed by atoms with Crippen LogP contribution in [0.1, 0.15) is 89.0 Å². The first-order chi connectivity index (χ1) is 15.1. The first kappa shape index (κ1) is 22.1. The normalized spacial score (nSPS) is 25.6. The standard InChI is InChI=1S/C25H37N4O2/c26-24-27-25(17-20-9-5-2-6-10-20,16-15-19-7-3-1-4-8-19)23(30)29(24)18-21-11-13-22(28-31)14-12-21/h11-14,19-20,28H,1-10,15-18H2,(H2,26,27)/q-1. The molecule has 4 rings (SSSR count). The van der Waals surface area contributed by atoms with Gasteiger partial charge in [-0.05, 0) is 48.8 Å². The number of hydrogen-bond donors (Lipinski definition) is 2. The molecule has 2 fully saturated rings. The lowest BCUT2D eigenvalue weighted by atomic mass is 9.75. The molecule has 2 saturated carbocycles. The zero-order valence-corrected chi connectivity index (χ0v) is 18.7. The summed E-state index contributed by atoms with van der Waals surface area (Å²) in [5.74, 6) is 1.73. The summed E-state index contributed by atoms with van der Waals surface area (Å²) >= 11 is 0. The highest BCUT2D eigenvalue weighted by atomic mass is 16.5. The van der Waals surface area contributed by atoms with Gasteiger partial charge in [-0.1, -0.05) is 76.3 Å². The molecule has 1 aromatic carbocycles. The Morgan fingerprint density at radius 2 is 1.61 bits per heavy atom. The fourth-order valence-electron chi connectivity index (χ4n) is 5.88. The van der Waals surface area contributed by atoms with E-state index in [-0.39, 0.29) is 5.91 Å². The van der Waals surface area contributed by atoms with Crippen LogP contribution in [0.5, 0.6) is 0 Å². The monoisotopic (exact) mass is 425 g/mol. The Kier molecular flexibility index (Phi) is 7.16. The van der Waals surface area contributed by atoms with E-state index in [0.29, 0.717) is 24.1 Å². The van der Waals surface area contributed by atoms with Crippen LogP contribution in [0, 0.1) is 17.0 Å². The number of nitrogens with zero attached hydrogens (tertiary/aromatic N) is 2. The van der Waals surface area contributed by atoms with Gasteiger partial charge in [-0.2, -0.15) is 0 Å². The summed E-state index contributed by atoms with van der Waals surface area (Å²) in [4.78, 5) is 20.4. The Labute approximate surface area is 186 Å². The van der Waals surface area contributed by atoms with Crippen LogP contribution >= 0.6 is 0 Å². The minimum Gasteiger partial charge on any atom is -0.761 e. The van der Waals surface area contributed by atoms with Gasteiger partial charge in [0.1, 0.15) is 5.54 Å². The van der Waals surface area contributed by atoms with Gasteiger partial charge in [-0.15, -0.1) is 0 Å². The Bertz CT molecular complexity index is 766. The van der Waals surface area contributed by atoms with Crippen molar-refractivity contribution >= 4 is 17.6 Å². The molecule has 0 spiro atoms. The highest BCUT2D eigenvalue weighted by Crippen LogP contribution is 2.41. The minimum atomic E-state index is -0.681. The first-order valence-electron chi connectivity index (χ1n) is 12.2. The molecule has 1 unspecified atom stereocenters. The number of aliphatic imine (C=N–C) groups is 1. The molecule has 0 saturated heterocycles. The van der Waals surface area contributed by atoms with Gasteiger partial charge in [-0.3, -0.25) is 9.69 Å². The van der Waals surface area contributed by atoms with Gasteiger partial charge in [0, 0.05) is 5.69 Å². The second-order valence-electron chi connectivity index (χ2n) is 9.94. The quantitative estimate of drug-likeness (QED) is 0.551. The van der Waals surface area contributed by atoms with Crippen molar-refractivity contribution in [2.45, 2.75) is 95.6 Å². The minimum absolute atomic E-state index is 0.0809. The molecular formula is C25H37N4O2-. The predicted molar refractivity (Wildman–Crippen MR) is 125 cm³/mol. The fourth-order valence-corrected chi connectivity index (χ4v) is 5.88. The Morgan fingerprint density at radius 3 is 2.23 bits per heavy atom. The fraction of sp³-hybridized carbons (Fsp3) is 0.680. The van der Waals surface area contributed by atoms with Gasteiger partial charge >= 0.3 is 0 Å². The SMILES string of the molecule is NC1=NC(CCC2CCCCC2)(CC2CCCCC2)C(=O)N1Cc1ccc(N[O-])cc1. The van der Waals surface area contributed by atoms with E-state index in [9.17, 15) is 10.0 Å². The number of rotatable bonds is 8. The molecule has 1 aromatic rings. The molecule has 1 atom stereocenters. The van der Waals surface area contributed by atoms with Crippen LogP contribution in [-0.2, 0) is 11.3 Å². The van der Waals surface area contributed by atoms with Gasteiger partial charge in [0.25, 0.3) is 5.91 Å². The van der Waals surface area contributed by atoms with Crippen molar-refractivity contribution in [1.29, 1.82) is 0 Å². The summed E-state index contributed by atoms with van der Waals surface area (Å²) in [6, 6.07) is 7.19. The number of hydrogen-bond acceptors (Lipinski definition) is 5. The highest BCUT2D eigenvalue weighted by Gasteiger charge is 2.48. The lowest BCUT2D eigenvalue weighted by molar-refractivity contribution is -0.132. The third-order valence-electron chi connectivity index (χ3n) is 7.70. The van der Waals surface area contributed by atoms with E-state index < -0.39 is 5.54 Å². The molecule has 1 aliphatic heterocycles. The number of amides is 1. The number of nitrogens with two attached hydrogens (primary N) is 1. The van der Waals surface area contributed by atoms with Crippen LogP contribution in [0.3, 0.4) is 0 Å². The summed E-state index contributed by atoms with van der Waals surface area (Å²) in [5.41, 5.74) is 9.03. The van der Waals surface area contributed by atoms with E-state index in [1.807, 2.05) is 17.6 Å². The number of anilines is 1. The number of carbonyl (C=O) groups is 1. The average molecular weight is 426 g/mol. The molecule has 1 amide bonds. The van der Waals surface area contributed by atoms with Gasteiger partial charge < -0.3 is 16.4 Å². The van der Waals surface area contributed by atoms with Crippen molar-refractivity contribution < 1.29 is 4.79 Å². The van der Waals surface area contributed by atoms with E-state index in [2.05, 4.69) is 0 Å². The third kappa shape index (κ3) is 5.22. The molecule has 0 aromatic heterocycles. The number of benzene rings is 1. The largest absolute Gasteiger partial charge is 0.761 e. The lowest BCUT2D eigenvalue weighted by Crippen LogP contribution is -2.45. The smallest absolute Gasteiger partial charge is 0.257 e. The number of guanidine groups is 1. The lowest BCUT2D eigenvalue weighted by Gasteiger charge is -2.33. The molecule has 3 aliphatic rings. The summed E-state index contributed by atoms with van der Waals surface area (Å²) in [5, 5.41) is 10.8. The zero-order valence-electron chi connectivity index (χ0n) is 18.7. The Hall–Kier alpha value is -2.08. The van der Waals surface area contributed by atoms with Crippen molar-refractivity contribution in [2.75, 3.05) is 5.48 Å². The van der Waals surface area contributed by atoms with Crippen molar-refractivity contribution in [3.05, 3.63) is 35.0 Å². The van der Waals surface area contributed by atoms with Crippen molar-refractivity contribution in [3.8, 4) is 0 Å². The molecule has 0 bridgehead atoms. The summed E-state index contributed by atoms with van der Waals surface area (Å²) in [6.45, 7) is 0.406. The van der Waals surface area contributed by atoms with Crippen molar-refractivity contribution in [3.63, 3.8) is 0 Å². The molecular weight excluding hydrogens is 388 g/mol. The van der Waals surface area contributed by atoms with E-state index >= 15 is 0 Å². The van der Waals surface area contributed by atoms with Crippen molar-refractivity contribution in [1.82, 2.24) is 4.90 Å². The third-order valence-corrected chi connectivity index (χ3v) is 7.70. The van der Waals surface area contributed by atoms with E-state index in [4.69, 9.17) is 10.7 Å². The van der Waals surface area contributed by atoms with E-state index in [0.717, 1.165) is 30.7 Å². The molecule has 170 valence electrons. The van der Waals surface area contributed by atoms with Crippen LogP contribution < -0.4 is 11.2 Å². The van der Waals surface area contributed by atoms with Crippen LogP contribution in [-0.4, -0.2) is 22.3 Å². The molecule has 1 heterocycles. The number of carbonyl (C=O) groups excluding carboxylic acids is 1. The van der Waals surface area contributed by atoms with Crippen LogP contribution in [0.25, 0.3) is 0 Å². The molecule has 6 nitrogen and oxygen atoms in total. The van der Waals surface area contributed by atoms with E-state index in [1.165, 1.54) is 64.2 Å². The highest BCUT2D eigenvalue weighted by molar-refractivity contribution is 6.06. The van der Waals surface area contributed by atoms with Crippen LogP contribution in [0.15, 0.2) is 29.3 Å². The van der Waals surface area contributed by atoms with Gasteiger partial charge in [0.15, 0.2) is 5.96 Å². The topological polar surface area (TPSA) is 93.8 Å². The maximum absolute atomic E-state index is 13.8. The van der Waals surface area contributed by atoms with E-state index in [1.54, 1.807) is 17.0 Å². The first-order valence-corrected chi connectivity index (χ1v) is 12.2. The maximum atomic E-state index is 13.8. The summed E-state index contributed by atoms with van der Waals surface area (Å²) in [7, 11) is 0. The molecule has 3 N–H and O–H groups in total. The Balaban J connectivity index is 1.50. The molecule has 6 heteroatoms.